The molecule has 2 aliphatic rings. The number of aromatic nitrogens is 1. The topological polar surface area (TPSA) is 92.8 Å². The third-order valence-electron chi connectivity index (χ3n) is 5.44. The summed E-state index contributed by atoms with van der Waals surface area (Å²) >= 11 is 0. The molecule has 1 saturated carbocycles. The van der Waals surface area contributed by atoms with Crippen molar-refractivity contribution in [3.63, 3.8) is 0 Å². The van der Waals surface area contributed by atoms with E-state index in [4.69, 9.17) is 15.5 Å². The van der Waals surface area contributed by atoms with Crippen molar-refractivity contribution >= 4 is 35.8 Å². The van der Waals surface area contributed by atoms with Gasteiger partial charge in [0.25, 0.3) is 0 Å². The molecule has 0 bridgehead atoms. The average molecular weight is 515 g/mol. The molecule has 3 N–H and O–H groups in total. The highest BCUT2D eigenvalue weighted by molar-refractivity contribution is 14.0. The van der Waals surface area contributed by atoms with E-state index in [0.29, 0.717) is 30.9 Å². The summed E-state index contributed by atoms with van der Waals surface area (Å²) < 4.78 is 5.93. The van der Waals surface area contributed by atoms with Crippen molar-refractivity contribution in [2.45, 2.75) is 64.5 Å². The van der Waals surface area contributed by atoms with Gasteiger partial charge in [-0.25, -0.2) is 9.98 Å². The smallest absolute Gasteiger partial charge is 0.217 e. The fraction of sp³-hybridized carbons (Fsp3) is 0.667. The second-order valence-corrected chi connectivity index (χ2v) is 7.82. The van der Waals surface area contributed by atoms with Crippen LogP contribution in [0, 0.1) is 5.92 Å². The van der Waals surface area contributed by atoms with Crippen molar-refractivity contribution in [3.8, 4) is 5.88 Å². The van der Waals surface area contributed by atoms with Crippen LogP contribution in [0.25, 0.3) is 0 Å². The van der Waals surface area contributed by atoms with E-state index >= 15 is 0 Å². The van der Waals surface area contributed by atoms with Gasteiger partial charge in [0.15, 0.2) is 5.96 Å². The monoisotopic (exact) mass is 515 g/mol. The number of hydrogen-bond acceptors (Lipinski definition) is 4. The SMILES string of the molecule is CCNC(=NCc1ccc(OC2CCCC2)nc1)N1CCCC(CC(N)=O)C1.I. The van der Waals surface area contributed by atoms with Crippen molar-refractivity contribution in [1.82, 2.24) is 15.2 Å². The van der Waals surface area contributed by atoms with Crippen molar-refractivity contribution in [3.05, 3.63) is 23.9 Å². The molecule has 1 unspecified atom stereocenters. The van der Waals surface area contributed by atoms with Crippen LogP contribution in [0.1, 0.15) is 57.4 Å². The molecule has 1 aromatic heterocycles. The van der Waals surface area contributed by atoms with E-state index in [0.717, 1.165) is 56.8 Å². The summed E-state index contributed by atoms with van der Waals surface area (Å²) in [5.41, 5.74) is 6.44. The number of guanidine groups is 1. The highest BCUT2D eigenvalue weighted by Crippen LogP contribution is 2.23. The first-order chi connectivity index (χ1) is 13.6. The van der Waals surface area contributed by atoms with Crippen LogP contribution >= 0.6 is 24.0 Å². The maximum Gasteiger partial charge on any atom is 0.217 e. The van der Waals surface area contributed by atoms with Gasteiger partial charge in [0.2, 0.25) is 11.8 Å². The molecule has 1 atom stereocenters. The van der Waals surface area contributed by atoms with Crippen LogP contribution in [-0.4, -0.2) is 47.5 Å². The Kier molecular flexibility index (Phi) is 9.96. The zero-order chi connectivity index (χ0) is 19.8. The molecule has 1 aliphatic heterocycles. The number of nitrogens with one attached hydrogen (secondary N) is 1. The molecule has 29 heavy (non-hydrogen) atoms. The number of carbonyl (C=O) groups is 1. The van der Waals surface area contributed by atoms with Gasteiger partial charge in [-0.1, -0.05) is 6.07 Å². The number of carbonyl (C=O) groups excluding carboxylic acids is 1. The molecule has 7 nitrogen and oxygen atoms in total. The van der Waals surface area contributed by atoms with Crippen LogP contribution in [0.3, 0.4) is 0 Å². The Labute approximate surface area is 190 Å². The number of hydrogen-bond donors (Lipinski definition) is 2. The van der Waals surface area contributed by atoms with Gasteiger partial charge in [0, 0.05) is 38.3 Å². The minimum atomic E-state index is -0.222. The standard InChI is InChI=1S/C21H33N5O2.HI/c1-2-23-21(26-11-5-6-16(15-26)12-19(22)27)25-14-17-9-10-20(24-13-17)28-18-7-3-4-8-18;/h9-10,13,16,18H,2-8,11-12,14-15H2,1H3,(H2,22,27)(H,23,25);1H. The zero-order valence-electron chi connectivity index (χ0n) is 17.3. The second kappa shape index (κ2) is 12.2. The number of primary amides is 1. The lowest BCUT2D eigenvalue weighted by atomic mass is 9.95. The highest BCUT2D eigenvalue weighted by atomic mass is 127. The summed E-state index contributed by atoms with van der Waals surface area (Å²) in [4.78, 5) is 22.7. The fourth-order valence-electron chi connectivity index (χ4n) is 4.05. The summed E-state index contributed by atoms with van der Waals surface area (Å²) in [5.74, 6) is 1.68. The molecular weight excluding hydrogens is 481 g/mol. The Hall–Kier alpha value is -1.58. The first kappa shape index (κ1) is 23.7. The number of nitrogens with zero attached hydrogens (tertiary/aromatic N) is 3. The minimum Gasteiger partial charge on any atom is -0.474 e. The van der Waals surface area contributed by atoms with Crippen molar-refractivity contribution < 1.29 is 9.53 Å². The van der Waals surface area contributed by atoms with Gasteiger partial charge in [0.1, 0.15) is 6.10 Å². The Balaban J connectivity index is 0.00000300. The molecule has 8 heteroatoms. The van der Waals surface area contributed by atoms with Crippen LogP contribution in [-0.2, 0) is 11.3 Å². The van der Waals surface area contributed by atoms with Gasteiger partial charge in [-0.3, -0.25) is 4.79 Å². The van der Waals surface area contributed by atoms with E-state index in [1.807, 2.05) is 18.3 Å². The van der Waals surface area contributed by atoms with Gasteiger partial charge < -0.3 is 20.7 Å². The van der Waals surface area contributed by atoms with E-state index in [1.54, 1.807) is 0 Å². The molecule has 3 rings (SSSR count). The summed E-state index contributed by atoms with van der Waals surface area (Å²) in [6.07, 6.45) is 9.49. The largest absolute Gasteiger partial charge is 0.474 e. The molecule has 0 radical (unpaired) electrons. The first-order valence-electron chi connectivity index (χ1n) is 10.6. The van der Waals surface area contributed by atoms with Gasteiger partial charge in [-0.05, 0) is 56.9 Å². The van der Waals surface area contributed by atoms with Gasteiger partial charge in [0.05, 0.1) is 6.54 Å². The maximum atomic E-state index is 11.3. The van der Waals surface area contributed by atoms with E-state index < -0.39 is 0 Å². The number of aliphatic imine (C=N–C) groups is 1. The molecule has 2 heterocycles. The molecular formula is C21H34IN5O2. The van der Waals surface area contributed by atoms with Crippen LogP contribution < -0.4 is 15.8 Å². The lowest BCUT2D eigenvalue weighted by Gasteiger charge is -2.34. The molecule has 0 aromatic carbocycles. The lowest BCUT2D eigenvalue weighted by molar-refractivity contribution is -0.119. The highest BCUT2D eigenvalue weighted by Gasteiger charge is 2.23. The maximum absolute atomic E-state index is 11.3. The van der Waals surface area contributed by atoms with Crippen LogP contribution in [0.2, 0.25) is 0 Å². The number of halogens is 1. The van der Waals surface area contributed by atoms with E-state index in [-0.39, 0.29) is 29.9 Å². The summed E-state index contributed by atoms with van der Waals surface area (Å²) in [5, 5.41) is 3.37. The fourth-order valence-corrected chi connectivity index (χ4v) is 4.05. The number of nitrogens with two attached hydrogens (primary N) is 1. The predicted octanol–water partition coefficient (Wildman–Crippen LogP) is 3.07. The Morgan fingerprint density at radius 2 is 2.10 bits per heavy atom. The Bertz CT molecular complexity index is 662. The third kappa shape index (κ3) is 7.64. The Morgan fingerprint density at radius 3 is 2.76 bits per heavy atom. The summed E-state index contributed by atoms with van der Waals surface area (Å²) in [6, 6.07) is 3.98. The number of pyridine rings is 1. The van der Waals surface area contributed by atoms with E-state index in [9.17, 15) is 4.79 Å². The number of amides is 1. The number of ether oxygens (including phenoxy) is 1. The molecule has 0 spiro atoms. The lowest BCUT2D eigenvalue weighted by Crippen LogP contribution is -2.47. The first-order valence-corrected chi connectivity index (χ1v) is 10.6. The van der Waals surface area contributed by atoms with Crippen LogP contribution in [0.5, 0.6) is 5.88 Å². The van der Waals surface area contributed by atoms with Crippen molar-refractivity contribution in [2.24, 2.45) is 16.6 Å². The normalized spacial score (nSPS) is 20.2. The van der Waals surface area contributed by atoms with E-state index in [1.165, 1.54) is 12.8 Å². The second-order valence-electron chi connectivity index (χ2n) is 7.82. The minimum absolute atomic E-state index is 0. The van der Waals surface area contributed by atoms with Gasteiger partial charge in [-0.2, -0.15) is 0 Å². The van der Waals surface area contributed by atoms with Crippen molar-refractivity contribution in [2.75, 3.05) is 19.6 Å². The van der Waals surface area contributed by atoms with Crippen LogP contribution in [0.4, 0.5) is 0 Å². The summed E-state index contributed by atoms with van der Waals surface area (Å²) in [6.45, 7) is 5.21. The quantitative estimate of drug-likeness (QED) is 0.331. The van der Waals surface area contributed by atoms with E-state index in [2.05, 4.69) is 22.1 Å². The zero-order valence-corrected chi connectivity index (χ0v) is 19.6. The third-order valence-corrected chi connectivity index (χ3v) is 5.44. The van der Waals surface area contributed by atoms with Crippen molar-refractivity contribution in [1.29, 1.82) is 0 Å². The molecule has 1 saturated heterocycles. The molecule has 1 amide bonds. The Morgan fingerprint density at radius 1 is 1.31 bits per heavy atom. The number of likely N-dealkylation sites (tertiary alicyclic amines) is 1. The molecule has 1 aliphatic carbocycles. The predicted molar refractivity (Wildman–Crippen MR) is 125 cm³/mol. The summed E-state index contributed by atoms with van der Waals surface area (Å²) in [7, 11) is 0. The molecule has 2 fully saturated rings. The van der Waals surface area contributed by atoms with Crippen LogP contribution in [0.15, 0.2) is 23.3 Å². The van der Waals surface area contributed by atoms with Gasteiger partial charge in [-0.15, -0.1) is 24.0 Å². The average Bonchev–Trinajstić information content (AvgIpc) is 3.19. The number of rotatable bonds is 7. The van der Waals surface area contributed by atoms with Gasteiger partial charge >= 0.3 is 0 Å². The number of piperidine rings is 1. The molecule has 1 aromatic rings. The molecule has 162 valence electrons.